The van der Waals surface area contributed by atoms with Gasteiger partial charge in [-0.05, 0) is 19.0 Å². The number of thiophene rings is 1. The molecule has 182 valence electrons. The van der Waals surface area contributed by atoms with Crippen LogP contribution in [-0.4, -0.2) is 91.1 Å². The van der Waals surface area contributed by atoms with Gasteiger partial charge in [-0.15, -0.1) is 11.3 Å². The van der Waals surface area contributed by atoms with E-state index < -0.39 is 20.0 Å². The molecule has 0 radical (unpaired) electrons. The van der Waals surface area contributed by atoms with E-state index >= 15 is 0 Å². The first-order chi connectivity index (χ1) is 15.1. The zero-order valence-electron chi connectivity index (χ0n) is 18.0. The molecular weight excluding hydrogens is 480 g/mol. The van der Waals surface area contributed by atoms with Gasteiger partial charge in [0.25, 0.3) is 10.0 Å². The fraction of sp³-hybridized carbons (Fsp3) is 0.722. The van der Waals surface area contributed by atoms with Crippen LogP contribution in [0.4, 0.5) is 0 Å². The molecule has 1 atom stereocenters. The number of sulfonamides is 2. The molecule has 3 N–H and O–H groups in total. The molecule has 0 aliphatic carbocycles. The minimum absolute atomic E-state index is 0.0127. The van der Waals surface area contributed by atoms with E-state index in [0.717, 1.165) is 13.1 Å². The molecule has 2 aliphatic rings. The quantitative estimate of drug-likeness (QED) is 0.320. The second-order valence-electron chi connectivity index (χ2n) is 7.60. The molecule has 11 nitrogen and oxygen atoms in total. The summed E-state index contributed by atoms with van der Waals surface area (Å²) in [6.07, 6.45) is 0.615. The van der Waals surface area contributed by atoms with Gasteiger partial charge in [-0.3, -0.25) is 9.69 Å². The predicted octanol–water partition coefficient (Wildman–Crippen LogP) is -0.294. The van der Waals surface area contributed by atoms with E-state index in [1.165, 1.54) is 10.4 Å². The molecule has 1 saturated heterocycles. The van der Waals surface area contributed by atoms with Gasteiger partial charge >= 0.3 is 5.97 Å². The van der Waals surface area contributed by atoms with Crippen molar-refractivity contribution < 1.29 is 31.1 Å². The first kappa shape index (κ1) is 25.5. The normalized spacial score (nSPS) is 21.9. The van der Waals surface area contributed by atoms with Gasteiger partial charge in [0, 0.05) is 44.3 Å². The number of nitrogens with one attached hydrogen (secondary N) is 1. The Balaban J connectivity index is 1.56. The lowest BCUT2D eigenvalue weighted by molar-refractivity contribution is -0.144. The molecule has 0 aromatic carbocycles. The topological polar surface area (TPSA) is 148 Å². The van der Waals surface area contributed by atoms with E-state index in [1.54, 1.807) is 0 Å². The summed E-state index contributed by atoms with van der Waals surface area (Å²) in [5.74, 6) is -0.318. The van der Waals surface area contributed by atoms with Gasteiger partial charge in [0.1, 0.15) is 8.42 Å². The predicted molar refractivity (Wildman–Crippen MR) is 118 cm³/mol. The van der Waals surface area contributed by atoms with E-state index in [0.29, 0.717) is 49.6 Å². The molecule has 1 aromatic heterocycles. The molecule has 3 rings (SSSR count). The van der Waals surface area contributed by atoms with Crippen LogP contribution in [0.2, 0.25) is 0 Å². The minimum Gasteiger partial charge on any atom is -0.466 e. The zero-order valence-corrected chi connectivity index (χ0v) is 20.4. The third-order valence-electron chi connectivity index (χ3n) is 5.32. The summed E-state index contributed by atoms with van der Waals surface area (Å²) in [4.78, 5) is 14.1. The number of esters is 1. The van der Waals surface area contributed by atoms with Crippen molar-refractivity contribution in [2.75, 3.05) is 59.1 Å². The Morgan fingerprint density at radius 1 is 1.34 bits per heavy atom. The molecule has 0 bridgehead atoms. The number of hydrogen-bond acceptors (Lipinski definition) is 10. The van der Waals surface area contributed by atoms with Crippen LogP contribution < -0.4 is 10.5 Å². The van der Waals surface area contributed by atoms with Crippen molar-refractivity contribution in [1.29, 1.82) is 0 Å². The highest BCUT2D eigenvalue weighted by atomic mass is 32.3. The summed E-state index contributed by atoms with van der Waals surface area (Å²) >= 11 is 0.665. The number of carbonyl (C=O) groups is 1. The van der Waals surface area contributed by atoms with Crippen molar-refractivity contribution >= 4 is 37.4 Å². The minimum atomic E-state index is -4.01. The highest BCUT2D eigenvalue weighted by Crippen LogP contribution is 2.39. The second-order valence-corrected chi connectivity index (χ2v) is 12.6. The monoisotopic (exact) mass is 510 g/mol. The van der Waals surface area contributed by atoms with Gasteiger partial charge in [0.15, 0.2) is 0 Å². The van der Waals surface area contributed by atoms with Crippen LogP contribution in [0.1, 0.15) is 31.4 Å². The second kappa shape index (κ2) is 10.9. The number of morpholine rings is 1. The molecule has 2 aliphatic heterocycles. The fourth-order valence-corrected chi connectivity index (χ4v) is 7.98. The third-order valence-corrected chi connectivity index (χ3v) is 10.3. The molecule has 0 unspecified atom stereocenters. The number of rotatable bonds is 10. The molecule has 3 heterocycles. The van der Waals surface area contributed by atoms with Crippen LogP contribution in [-0.2, 0) is 34.3 Å². The first-order valence-electron chi connectivity index (χ1n) is 10.5. The molecule has 0 amide bonds. The average Bonchev–Trinajstić information content (AvgIpc) is 3.21. The maximum Gasteiger partial charge on any atom is 0.307 e. The number of nitrogens with two attached hydrogens (primary N) is 1. The Bertz CT molecular complexity index is 1000. The Kier molecular flexibility index (Phi) is 8.65. The van der Waals surface area contributed by atoms with Crippen molar-refractivity contribution in [3.05, 3.63) is 11.6 Å². The molecule has 32 heavy (non-hydrogen) atoms. The standard InChI is InChI=1S/C18H30N4O7S3/c1-2-20-15-13-22(32(26,27)18-14(15)12-17(30-18)31(19,24)25)5-3-9-29-16(23)4-6-21-7-10-28-11-8-21/h12,15,20H,2-11,13H2,1H3,(H2,19,24,25)/t15-/m0/s1. The summed E-state index contributed by atoms with van der Waals surface area (Å²) in [7, 11) is -7.87. The summed E-state index contributed by atoms with van der Waals surface area (Å²) in [6, 6.07) is 0.995. The van der Waals surface area contributed by atoms with Gasteiger partial charge in [0.05, 0.1) is 26.2 Å². The molecule has 14 heteroatoms. The Hall–Kier alpha value is -1.13. The third kappa shape index (κ3) is 6.26. The summed E-state index contributed by atoms with van der Waals surface area (Å²) < 4.78 is 61.2. The highest BCUT2D eigenvalue weighted by Gasteiger charge is 2.39. The lowest BCUT2D eigenvalue weighted by Crippen LogP contribution is -2.43. The highest BCUT2D eigenvalue weighted by molar-refractivity contribution is 7.94. The van der Waals surface area contributed by atoms with Gasteiger partial charge in [-0.1, -0.05) is 6.92 Å². The maximum absolute atomic E-state index is 13.0. The summed E-state index contributed by atoms with van der Waals surface area (Å²) in [5, 5.41) is 8.40. The van der Waals surface area contributed by atoms with Crippen molar-refractivity contribution in [1.82, 2.24) is 14.5 Å². The number of carbonyl (C=O) groups excluding carboxylic acids is 1. The largest absolute Gasteiger partial charge is 0.466 e. The first-order valence-corrected chi connectivity index (χ1v) is 14.3. The SMILES string of the molecule is CCN[C@H]1CN(CCCOC(=O)CCN2CCOCC2)S(=O)(=O)c2sc(S(N)(=O)=O)cc21. The lowest BCUT2D eigenvalue weighted by atomic mass is 10.1. The number of ether oxygens (including phenoxy) is 2. The molecule has 1 aromatic rings. The average molecular weight is 511 g/mol. The van der Waals surface area contributed by atoms with Crippen molar-refractivity contribution in [3.63, 3.8) is 0 Å². The van der Waals surface area contributed by atoms with Crippen LogP contribution in [0.25, 0.3) is 0 Å². The van der Waals surface area contributed by atoms with Crippen LogP contribution in [0, 0.1) is 0 Å². The fourth-order valence-electron chi connectivity index (χ4n) is 3.67. The Labute approximate surface area is 192 Å². The van der Waals surface area contributed by atoms with Crippen molar-refractivity contribution in [2.45, 2.75) is 34.2 Å². The van der Waals surface area contributed by atoms with Crippen LogP contribution in [0.15, 0.2) is 14.5 Å². The van der Waals surface area contributed by atoms with E-state index in [2.05, 4.69) is 10.2 Å². The number of likely N-dealkylation sites (N-methyl/N-ethyl adjacent to an activating group) is 1. The smallest absolute Gasteiger partial charge is 0.307 e. The van der Waals surface area contributed by atoms with Crippen molar-refractivity contribution in [3.8, 4) is 0 Å². The van der Waals surface area contributed by atoms with Crippen LogP contribution >= 0.6 is 11.3 Å². The van der Waals surface area contributed by atoms with Gasteiger partial charge in [-0.2, -0.15) is 4.31 Å². The van der Waals surface area contributed by atoms with Crippen LogP contribution in [0.5, 0.6) is 0 Å². The zero-order chi connectivity index (χ0) is 23.4. The van der Waals surface area contributed by atoms with E-state index in [9.17, 15) is 21.6 Å². The van der Waals surface area contributed by atoms with E-state index in [-0.39, 0.29) is 46.5 Å². The number of hydrogen-bond donors (Lipinski definition) is 2. The van der Waals surface area contributed by atoms with Crippen molar-refractivity contribution in [2.24, 2.45) is 5.14 Å². The molecule has 0 spiro atoms. The van der Waals surface area contributed by atoms with Gasteiger partial charge in [0.2, 0.25) is 10.0 Å². The number of nitrogens with zero attached hydrogens (tertiary/aromatic N) is 2. The number of fused-ring (bicyclic) bond motifs is 1. The molecule has 1 fully saturated rings. The maximum atomic E-state index is 13.0. The summed E-state index contributed by atoms with van der Waals surface area (Å²) in [6.45, 7) is 6.43. The Morgan fingerprint density at radius 3 is 2.72 bits per heavy atom. The summed E-state index contributed by atoms with van der Waals surface area (Å²) in [5.41, 5.74) is 0.423. The molecular formula is C18H30N4O7S3. The Morgan fingerprint density at radius 2 is 2.06 bits per heavy atom. The number of primary sulfonamides is 1. The van der Waals surface area contributed by atoms with Crippen LogP contribution in [0.3, 0.4) is 0 Å². The molecule has 0 saturated carbocycles. The van der Waals surface area contributed by atoms with E-state index in [4.69, 9.17) is 14.6 Å². The van der Waals surface area contributed by atoms with Gasteiger partial charge in [-0.25, -0.2) is 22.0 Å². The lowest BCUT2D eigenvalue weighted by Gasteiger charge is -2.32. The van der Waals surface area contributed by atoms with Gasteiger partial charge < -0.3 is 14.8 Å². The van der Waals surface area contributed by atoms with E-state index in [1.807, 2.05) is 6.92 Å².